The van der Waals surface area contributed by atoms with Gasteiger partial charge in [-0.05, 0) is 43.9 Å². The quantitative estimate of drug-likeness (QED) is 0.243. The van der Waals surface area contributed by atoms with E-state index < -0.39 is 46.8 Å². The summed E-state index contributed by atoms with van der Waals surface area (Å²) in [6.07, 6.45) is 3.51. The summed E-state index contributed by atoms with van der Waals surface area (Å²) in [5, 5.41) is 21.3. The van der Waals surface area contributed by atoms with Crippen LogP contribution < -0.4 is 5.32 Å². The average Bonchev–Trinajstić information content (AvgIpc) is 2.66. The molecule has 30 heavy (non-hydrogen) atoms. The molecule has 0 radical (unpaired) electrons. The van der Waals surface area contributed by atoms with Crippen molar-refractivity contribution in [2.24, 2.45) is 11.3 Å². The van der Waals surface area contributed by atoms with Crippen LogP contribution in [0.4, 0.5) is 4.79 Å². The molecule has 0 bridgehead atoms. The van der Waals surface area contributed by atoms with Crippen molar-refractivity contribution in [2.45, 2.75) is 83.5 Å². The van der Waals surface area contributed by atoms with E-state index in [1.807, 2.05) is 0 Å². The van der Waals surface area contributed by atoms with Crippen molar-refractivity contribution in [3.05, 3.63) is 10.1 Å². The first-order chi connectivity index (χ1) is 14.2. The maximum atomic E-state index is 12.2. The lowest BCUT2D eigenvalue weighted by atomic mass is 9.72. The Morgan fingerprint density at radius 3 is 2.33 bits per heavy atom. The van der Waals surface area contributed by atoms with Gasteiger partial charge >= 0.3 is 18.0 Å². The highest BCUT2D eigenvalue weighted by Gasteiger charge is 2.35. The second kappa shape index (κ2) is 11.0. The van der Waals surface area contributed by atoms with Crippen LogP contribution in [0.15, 0.2) is 0 Å². The van der Waals surface area contributed by atoms with E-state index in [4.69, 9.17) is 9.47 Å². The van der Waals surface area contributed by atoms with Crippen LogP contribution in [0.5, 0.6) is 0 Å². The summed E-state index contributed by atoms with van der Waals surface area (Å²) in [4.78, 5) is 50.4. The number of hydrogen-bond acceptors (Lipinski definition) is 8. The van der Waals surface area contributed by atoms with Gasteiger partial charge < -0.3 is 24.7 Å². The van der Waals surface area contributed by atoms with E-state index in [1.54, 1.807) is 0 Å². The number of alkyl carbamates (subject to hydrolysis) is 1. The largest absolute Gasteiger partial charge is 0.481 e. The van der Waals surface area contributed by atoms with Crippen LogP contribution in [-0.2, 0) is 23.9 Å². The molecule has 2 aliphatic rings. The van der Waals surface area contributed by atoms with Gasteiger partial charge in [0.2, 0.25) is 6.29 Å². The van der Waals surface area contributed by atoms with Gasteiger partial charge in [-0.15, -0.1) is 10.1 Å². The minimum atomic E-state index is -1.10. The number of carbonyl (C=O) groups is 3. The molecular weight excluding hydrogens is 400 g/mol. The van der Waals surface area contributed by atoms with Gasteiger partial charge in [0.15, 0.2) is 0 Å². The van der Waals surface area contributed by atoms with Gasteiger partial charge in [0.25, 0.3) is 5.09 Å². The van der Waals surface area contributed by atoms with Crippen LogP contribution in [-0.4, -0.2) is 47.2 Å². The number of hydrogen-bond donors (Lipinski definition) is 2. The molecule has 0 aliphatic heterocycles. The summed E-state index contributed by atoms with van der Waals surface area (Å²) in [5.41, 5.74) is -0.479. The normalized spacial score (nSPS) is 24.2. The van der Waals surface area contributed by atoms with Crippen molar-refractivity contribution < 1.29 is 38.9 Å². The molecule has 1 atom stereocenters. The first-order valence-electron chi connectivity index (χ1n) is 10.4. The first-order valence-corrected chi connectivity index (χ1v) is 10.4. The lowest BCUT2D eigenvalue weighted by Crippen LogP contribution is -2.41. The van der Waals surface area contributed by atoms with E-state index in [0.29, 0.717) is 25.7 Å². The molecule has 0 aromatic carbocycles. The molecule has 2 aliphatic carbocycles. The molecular formula is C19H30N2O9. The second-order valence-corrected chi connectivity index (χ2v) is 8.20. The van der Waals surface area contributed by atoms with E-state index in [2.05, 4.69) is 10.2 Å². The number of aliphatic carboxylic acids is 1. The van der Waals surface area contributed by atoms with E-state index in [0.717, 1.165) is 32.1 Å². The molecule has 2 saturated carbocycles. The fraction of sp³-hybridized carbons (Fsp3) is 0.842. The van der Waals surface area contributed by atoms with Gasteiger partial charge in [-0.25, -0.2) is 4.79 Å². The van der Waals surface area contributed by atoms with Crippen molar-refractivity contribution in [1.82, 2.24) is 5.32 Å². The van der Waals surface area contributed by atoms with Crippen molar-refractivity contribution in [3.8, 4) is 0 Å². The van der Waals surface area contributed by atoms with E-state index >= 15 is 0 Å². The fourth-order valence-corrected chi connectivity index (χ4v) is 4.30. The number of carboxylic acids is 1. The molecule has 0 aromatic heterocycles. The Balaban J connectivity index is 1.72. The molecule has 2 fully saturated rings. The molecule has 2 N–H and O–H groups in total. The van der Waals surface area contributed by atoms with Crippen LogP contribution in [0.1, 0.15) is 71.1 Å². The summed E-state index contributed by atoms with van der Waals surface area (Å²) in [6, 6.07) is 0. The summed E-state index contributed by atoms with van der Waals surface area (Å²) < 4.78 is 10.2. The number of nitrogens with one attached hydrogen (secondary N) is 1. The minimum absolute atomic E-state index is 0.0132. The van der Waals surface area contributed by atoms with Crippen molar-refractivity contribution in [1.29, 1.82) is 0 Å². The number of esters is 1. The third kappa shape index (κ3) is 7.68. The van der Waals surface area contributed by atoms with Gasteiger partial charge in [0, 0.05) is 13.5 Å². The van der Waals surface area contributed by atoms with Crippen LogP contribution in [0, 0.1) is 21.4 Å². The molecule has 11 heteroatoms. The minimum Gasteiger partial charge on any atom is -0.481 e. The number of ether oxygens (including phenoxy) is 2. The van der Waals surface area contributed by atoms with Gasteiger partial charge in [0.05, 0.1) is 12.3 Å². The molecule has 0 aromatic rings. The summed E-state index contributed by atoms with van der Waals surface area (Å²) in [5.74, 6) is -1.84. The van der Waals surface area contributed by atoms with E-state index in [-0.39, 0.29) is 13.0 Å². The number of rotatable bonds is 9. The third-order valence-corrected chi connectivity index (χ3v) is 5.85. The van der Waals surface area contributed by atoms with Gasteiger partial charge in [0.1, 0.15) is 6.10 Å². The highest BCUT2D eigenvalue weighted by molar-refractivity contribution is 5.73. The molecule has 1 unspecified atom stereocenters. The summed E-state index contributed by atoms with van der Waals surface area (Å²) in [7, 11) is 0. The van der Waals surface area contributed by atoms with Gasteiger partial charge in [-0.1, -0.05) is 19.3 Å². The SMILES string of the molecule is CC(OC(=O)NCC1(CC(=O)O)CCCCC1)OC(=O)C1CCC(O[N+](=O)[O-])CC1. The average molecular weight is 430 g/mol. The van der Waals surface area contributed by atoms with Crippen LogP contribution in [0.25, 0.3) is 0 Å². The van der Waals surface area contributed by atoms with Crippen LogP contribution >= 0.6 is 0 Å². The Kier molecular flexibility index (Phi) is 8.67. The number of carboxylic acid groups (broad SMARTS) is 1. The fourth-order valence-electron chi connectivity index (χ4n) is 4.30. The van der Waals surface area contributed by atoms with Crippen LogP contribution in [0.2, 0.25) is 0 Å². The van der Waals surface area contributed by atoms with E-state index in [1.165, 1.54) is 6.92 Å². The predicted molar refractivity (Wildman–Crippen MR) is 102 cm³/mol. The Morgan fingerprint density at radius 2 is 1.77 bits per heavy atom. The number of carbonyl (C=O) groups excluding carboxylic acids is 2. The molecule has 2 rings (SSSR count). The smallest absolute Gasteiger partial charge is 0.410 e. The Bertz CT molecular complexity index is 625. The monoisotopic (exact) mass is 430 g/mol. The Hall–Kier alpha value is -2.59. The lowest BCUT2D eigenvalue weighted by molar-refractivity contribution is -0.769. The van der Waals surface area contributed by atoms with Crippen molar-refractivity contribution in [2.75, 3.05) is 6.54 Å². The Labute approximate surface area is 174 Å². The van der Waals surface area contributed by atoms with E-state index in [9.17, 15) is 29.6 Å². The predicted octanol–water partition coefficient (Wildman–Crippen LogP) is 2.79. The highest BCUT2D eigenvalue weighted by Crippen LogP contribution is 2.38. The first kappa shape index (κ1) is 23.7. The molecule has 11 nitrogen and oxygen atoms in total. The molecule has 1 amide bonds. The zero-order valence-electron chi connectivity index (χ0n) is 17.2. The van der Waals surface area contributed by atoms with Crippen molar-refractivity contribution in [3.63, 3.8) is 0 Å². The third-order valence-electron chi connectivity index (χ3n) is 5.85. The highest BCUT2D eigenvalue weighted by atomic mass is 17.0. The van der Waals surface area contributed by atoms with Crippen LogP contribution in [0.3, 0.4) is 0 Å². The van der Waals surface area contributed by atoms with Gasteiger partial charge in [-0.3, -0.25) is 9.59 Å². The number of amides is 1. The molecule has 0 saturated heterocycles. The Morgan fingerprint density at radius 1 is 1.13 bits per heavy atom. The topological polar surface area (TPSA) is 154 Å². The summed E-state index contributed by atoms with van der Waals surface area (Å²) in [6.45, 7) is 1.62. The molecule has 170 valence electrons. The maximum Gasteiger partial charge on any atom is 0.410 e. The standard InChI is InChI=1S/C19H30N2O9/c1-13(28-17(24)14-5-7-15(8-6-14)30-21(26)27)29-18(25)20-12-19(11-16(22)23)9-3-2-4-10-19/h13-15H,2-12H2,1H3,(H,20,25)(H,22,23). The zero-order valence-corrected chi connectivity index (χ0v) is 17.2. The zero-order chi connectivity index (χ0) is 22.1. The molecule has 0 heterocycles. The number of nitrogens with zero attached hydrogens (tertiary/aromatic N) is 1. The summed E-state index contributed by atoms with van der Waals surface area (Å²) >= 11 is 0. The second-order valence-electron chi connectivity index (χ2n) is 8.20. The van der Waals surface area contributed by atoms with Gasteiger partial charge in [-0.2, -0.15) is 0 Å². The maximum absolute atomic E-state index is 12.2. The molecule has 0 spiro atoms. The van der Waals surface area contributed by atoms with Crippen molar-refractivity contribution >= 4 is 18.0 Å². The lowest BCUT2D eigenvalue weighted by Gasteiger charge is -2.36.